The van der Waals surface area contributed by atoms with E-state index in [9.17, 15) is 14.4 Å². The van der Waals surface area contributed by atoms with Gasteiger partial charge in [0.15, 0.2) is 0 Å². The molecule has 2 aromatic rings. The predicted octanol–water partition coefficient (Wildman–Crippen LogP) is 3.29. The number of aliphatic carboxylic acids is 3. The van der Waals surface area contributed by atoms with Gasteiger partial charge >= 0.3 is 17.9 Å². The highest BCUT2D eigenvalue weighted by molar-refractivity contribution is 6.15. The predicted molar refractivity (Wildman–Crippen MR) is 95.9 cm³/mol. The Labute approximate surface area is 150 Å². The van der Waals surface area contributed by atoms with E-state index in [-0.39, 0.29) is 18.4 Å². The lowest BCUT2D eigenvalue weighted by molar-refractivity contribution is -0.143. The molecule has 134 valence electrons. The van der Waals surface area contributed by atoms with Gasteiger partial charge in [-0.25, -0.2) is 4.79 Å². The molecule has 0 saturated carbocycles. The lowest BCUT2D eigenvalue weighted by Crippen LogP contribution is -2.01. The van der Waals surface area contributed by atoms with Crippen molar-refractivity contribution in [2.24, 2.45) is 0 Å². The highest BCUT2D eigenvalue weighted by Gasteiger charge is 2.22. The summed E-state index contributed by atoms with van der Waals surface area (Å²) in [5.41, 5.74) is 5.57. The van der Waals surface area contributed by atoms with Crippen molar-refractivity contribution >= 4 is 23.5 Å². The first kappa shape index (κ1) is 18.9. The minimum absolute atomic E-state index is 0.166. The van der Waals surface area contributed by atoms with Crippen molar-refractivity contribution in [1.82, 2.24) is 0 Å². The van der Waals surface area contributed by atoms with Crippen LogP contribution in [-0.4, -0.2) is 33.2 Å². The smallest absolute Gasteiger partial charge is 0.335 e. The van der Waals surface area contributed by atoms with E-state index in [1.165, 1.54) is 11.1 Å². The Bertz CT molecular complexity index is 868. The highest BCUT2D eigenvalue weighted by atomic mass is 16.4. The van der Waals surface area contributed by atoms with Crippen LogP contribution >= 0.6 is 0 Å². The molecule has 0 aliphatic heterocycles. The molecule has 0 aromatic heterocycles. The van der Waals surface area contributed by atoms with Crippen molar-refractivity contribution in [3.05, 3.63) is 65.7 Å². The van der Waals surface area contributed by atoms with E-state index >= 15 is 0 Å². The molecule has 1 aliphatic carbocycles. The van der Waals surface area contributed by atoms with Gasteiger partial charge in [0.1, 0.15) is 0 Å². The fourth-order valence-electron chi connectivity index (χ4n) is 2.77. The van der Waals surface area contributed by atoms with Gasteiger partial charge in [0.05, 0.1) is 18.4 Å². The van der Waals surface area contributed by atoms with Gasteiger partial charge in [0.25, 0.3) is 0 Å². The van der Waals surface area contributed by atoms with Crippen LogP contribution in [0.5, 0.6) is 0 Å². The van der Waals surface area contributed by atoms with Crippen LogP contribution in [0.2, 0.25) is 0 Å². The topological polar surface area (TPSA) is 112 Å². The molecule has 6 nitrogen and oxygen atoms in total. The normalized spacial score (nSPS) is 10.8. The lowest BCUT2D eigenvalue weighted by atomic mass is 9.96. The summed E-state index contributed by atoms with van der Waals surface area (Å²) >= 11 is 0. The third-order valence-electron chi connectivity index (χ3n) is 3.99. The first-order valence-electron chi connectivity index (χ1n) is 7.87. The Morgan fingerprint density at radius 2 is 1.42 bits per heavy atom. The van der Waals surface area contributed by atoms with E-state index < -0.39 is 17.9 Å². The van der Waals surface area contributed by atoms with Gasteiger partial charge in [-0.1, -0.05) is 49.0 Å². The zero-order valence-electron chi connectivity index (χ0n) is 13.9. The van der Waals surface area contributed by atoms with Crippen molar-refractivity contribution in [2.75, 3.05) is 0 Å². The molecule has 0 atom stereocenters. The molecule has 0 unspecified atom stereocenters. The van der Waals surface area contributed by atoms with Crippen molar-refractivity contribution in [3.63, 3.8) is 0 Å². The summed E-state index contributed by atoms with van der Waals surface area (Å²) in [6.45, 7) is 3.67. The van der Waals surface area contributed by atoms with Crippen LogP contribution in [0, 0.1) is 0 Å². The van der Waals surface area contributed by atoms with Gasteiger partial charge in [-0.3, -0.25) is 9.59 Å². The summed E-state index contributed by atoms with van der Waals surface area (Å²) in [5, 5.41) is 24.9. The second-order valence-electron chi connectivity index (χ2n) is 5.74. The lowest BCUT2D eigenvalue weighted by Gasteiger charge is -2.07. The molecule has 0 spiro atoms. The van der Waals surface area contributed by atoms with Crippen LogP contribution in [0.15, 0.2) is 49.0 Å². The molecule has 0 saturated heterocycles. The molecular formula is C20H18O6. The van der Waals surface area contributed by atoms with Gasteiger partial charge in [-0.15, -0.1) is 0 Å². The van der Waals surface area contributed by atoms with Gasteiger partial charge in [0, 0.05) is 0 Å². The summed E-state index contributed by atoms with van der Waals surface area (Å²) in [5.74, 6) is -3.11. The molecule has 3 rings (SSSR count). The number of fused-ring (bicyclic) bond motifs is 3. The molecule has 0 amide bonds. The minimum Gasteiger partial charge on any atom is -0.481 e. The quantitative estimate of drug-likeness (QED) is 0.606. The number of rotatable bonds is 5. The van der Waals surface area contributed by atoms with E-state index in [1.807, 2.05) is 30.3 Å². The van der Waals surface area contributed by atoms with Gasteiger partial charge in [-0.2, -0.15) is 0 Å². The summed E-state index contributed by atoms with van der Waals surface area (Å²) in [7, 11) is 0. The number of carboxylic acids is 3. The molecule has 1 aliphatic rings. The average molecular weight is 354 g/mol. The van der Waals surface area contributed by atoms with Crippen LogP contribution < -0.4 is 0 Å². The molecule has 0 bridgehead atoms. The number of carboxylic acid groups (broad SMARTS) is 3. The number of hydrogen-bond acceptors (Lipinski definition) is 3. The third-order valence-corrected chi connectivity index (χ3v) is 3.99. The molecule has 3 N–H and O–H groups in total. The number of carbonyl (C=O) groups is 3. The Hall–Kier alpha value is -3.41. The third kappa shape index (κ3) is 4.36. The fourth-order valence-corrected chi connectivity index (χ4v) is 2.77. The Balaban J connectivity index is 0.000000260. The summed E-state index contributed by atoms with van der Waals surface area (Å²) in [4.78, 5) is 30.4. The van der Waals surface area contributed by atoms with Gasteiger partial charge < -0.3 is 15.3 Å². The average Bonchev–Trinajstić information content (AvgIpc) is 2.98. The zero-order chi connectivity index (χ0) is 19.3. The largest absolute Gasteiger partial charge is 0.481 e. The van der Waals surface area contributed by atoms with E-state index in [0.29, 0.717) is 0 Å². The monoisotopic (exact) mass is 354 g/mol. The Morgan fingerprint density at radius 3 is 2.00 bits per heavy atom. The van der Waals surface area contributed by atoms with Gasteiger partial charge in [-0.05, 0) is 34.2 Å². The van der Waals surface area contributed by atoms with E-state index in [1.54, 1.807) is 0 Å². The molecular weight excluding hydrogens is 336 g/mol. The molecule has 6 heteroatoms. The molecule has 2 aromatic carbocycles. The van der Waals surface area contributed by atoms with E-state index in [2.05, 4.69) is 18.7 Å². The molecule has 0 fully saturated rings. The van der Waals surface area contributed by atoms with Crippen LogP contribution in [0.3, 0.4) is 0 Å². The Morgan fingerprint density at radius 1 is 0.846 bits per heavy atom. The maximum Gasteiger partial charge on any atom is 0.335 e. The van der Waals surface area contributed by atoms with Crippen molar-refractivity contribution < 1.29 is 29.7 Å². The van der Waals surface area contributed by atoms with Crippen molar-refractivity contribution in [3.8, 4) is 11.1 Å². The molecule has 26 heavy (non-hydrogen) atoms. The maximum absolute atomic E-state index is 11.1. The summed E-state index contributed by atoms with van der Waals surface area (Å²) in [6, 6.07) is 13.9. The minimum atomic E-state index is -1.08. The van der Waals surface area contributed by atoms with Crippen LogP contribution in [0.25, 0.3) is 16.7 Å². The fraction of sp³-hybridized carbons (Fsp3) is 0.150. The second-order valence-corrected chi connectivity index (χ2v) is 5.74. The van der Waals surface area contributed by atoms with Crippen LogP contribution in [0.1, 0.15) is 29.5 Å². The standard InChI is InChI=1S/C16H12O2.C4H6O4/c1-10(16(17)18)12-7-4-8-14-13-6-3-2-5-11(13)9-15(12)14;5-3(6)1-2-4(7)8/h2-8H,1,9H2,(H,17,18);1-2H2,(H,5,6)(H,7,8). The second kappa shape index (κ2) is 8.11. The SMILES string of the molecule is C=C(C(=O)O)c1cccc2c1Cc1ccccc1-2.O=C(O)CCC(=O)O. The summed E-state index contributed by atoms with van der Waals surface area (Å²) in [6.07, 6.45) is 0.193. The summed E-state index contributed by atoms with van der Waals surface area (Å²) < 4.78 is 0. The van der Waals surface area contributed by atoms with Crippen LogP contribution in [0.4, 0.5) is 0 Å². The van der Waals surface area contributed by atoms with Gasteiger partial charge in [0.2, 0.25) is 0 Å². The van der Waals surface area contributed by atoms with Crippen molar-refractivity contribution in [1.29, 1.82) is 0 Å². The first-order valence-corrected chi connectivity index (χ1v) is 7.87. The molecule has 0 radical (unpaired) electrons. The van der Waals surface area contributed by atoms with E-state index in [4.69, 9.17) is 15.3 Å². The maximum atomic E-state index is 11.1. The van der Waals surface area contributed by atoms with Crippen LogP contribution in [-0.2, 0) is 20.8 Å². The zero-order valence-corrected chi connectivity index (χ0v) is 13.9. The highest BCUT2D eigenvalue weighted by Crippen LogP contribution is 2.39. The Kier molecular flexibility index (Phi) is 5.90. The van der Waals surface area contributed by atoms with Crippen molar-refractivity contribution in [2.45, 2.75) is 19.3 Å². The molecule has 0 heterocycles. The number of hydrogen-bond donors (Lipinski definition) is 3. The number of benzene rings is 2. The van der Waals surface area contributed by atoms with E-state index in [0.717, 1.165) is 23.1 Å². The first-order chi connectivity index (χ1) is 12.3.